The van der Waals surface area contributed by atoms with Gasteiger partial charge in [-0.1, -0.05) is 6.07 Å². The Morgan fingerprint density at radius 2 is 2.00 bits per heavy atom. The Bertz CT molecular complexity index is 598. The van der Waals surface area contributed by atoms with Crippen LogP contribution < -0.4 is 5.73 Å². The van der Waals surface area contributed by atoms with Crippen molar-refractivity contribution in [1.29, 1.82) is 0 Å². The van der Waals surface area contributed by atoms with E-state index < -0.39 is 10.0 Å². The molecule has 1 heterocycles. The van der Waals surface area contributed by atoms with Gasteiger partial charge in [-0.2, -0.15) is 4.31 Å². The molecule has 0 bridgehead atoms. The van der Waals surface area contributed by atoms with E-state index in [1.807, 2.05) is 0 Å². The standard InChI is InChI=1S/C14H22BrN3O2S/c1-17-7-5-12(6-8-17)18(2)21(19,20)14-4-3-11(10-16)9-13(14)15/h3-4,9,12H,5-8,10,16H2,1-2H3. The second kappa shape index (κ2) is 6.75. The highest BCUT2D eigenvalue weighted by molar-refractivity contribution is 9.10. The van der Waals surface area contributed by atoms with Crippen molar-refractivity contribution in [3.05, 3.63) is 28.2 Å². The molecule has 2 N–H and O–H groups in total. The van der Waals surface area contributed by atoms with Gasteiger partial charge in [0.25, 0.3) is 0 Å². The van der Waals surface area contributed by atoms with Crippen LogP contribution in [0.25, 0.3) is 0 Å². The first kappa shape index (κ1) is 16.9. The van der Waals surface area contributed by atoms with E-state index in [-0.39, 0.29) is 6.04 Å². The summed E-state index contributed by atoms with van der Waals surface area (Å²) in [7, 11) is 0.253. The highest BCUT2D eigenvalue weighted by Crippen LogP contribution is 2.28. The maximum atomic E-state index is 12.8. The Balaban J connectivity index is 2.25. The molecule has 0 aliphatic carbocycles. The van der Waals surface area contributed by atoms with E-state index in [2.05, 4.69) is 27.9 Å². The average Bonchev–Trinajstić information content (AvgIpc) is 2.46. The lowest BCUT2D eigenvalue weighted by Gasteiger charge is -2.34. The zero-order valence-electron chi connectivity index (χ0n) is 12.4. The number of benzene rings is 1. The normalized spacial score (nSPS) is 18.3. The third-order valence-electron chi connectivity index (χ3n) is 4.09. The number of nitrogens with zero attached hydrogens (tertiary/aromatic N) is 2. The van der Waals surface area contributed by atoms with Gasteiger partial charge >= 0.3 is 0 Å². The van der Waals surface area contributed by atoms with Crippen molar-refractivity contribution >= 4 is 26.0 Å². The van der Waals surface area contributed by atoms with Gasteiger partial charge in [-0.25, -0.2) is 8.42 Å². The summed E-state index contributed by atoms with van der Waals surface area (Å²) >= 11 is 3.36. The maximum absolute atomic E-state index is 12.8. The van der Waals surface area contributed by atoms with Gasteiger partial charge in [0.15, 0.2) is 0 Å². The highest BCUT2D eigenvalue weighted by Gasteiger charge is 2.31. The maximum Gasteiger partial charge on any atom is 0.244 e. The van der Waals surface area contributed by atoms with Crippen LogP contribution in [-0.2, 0) is 16.6 Å². The molecular weight excluding hydrogens is 354 g/mol. The first-order valence-corrected chi connectivity index (χ1v) is 9.24. The van der Waals surface area contributed by atoms with E-state index in [1.54, 1.807) is 25.2 Å². The van der Waals surface area contributed by atoms with Crippen LogP contribution in [-0.4, -0.2) is 50.8 Å². The van der Waals surface area contributed by atoms with E-state index in [0.29, 0.717) is 15.9 Å². The van der Waals surface area contributed by atoms with Crippen LogP contribution in [0.2, 0.25) is 0 Å². The molecule has 1 aliphatic heterocycles. The summed E-state index contributed by atoms with van der Waals surface area (Å²) in [6.45, 7) is 2.25. The number of hydrogen-bond acceptors (Lipinski definition) is 4. The lowest BCUT2D eigenvalue weighted by atomic mass is 10.1. The summed E-state index contributed by atoms with van der Waals surface area (Å²) in [6, 6.07) is 5.23. The third-order valence-corrected chi connectivity index (χ3v) is 6.98. The molecule has 0 aromatic heterocycles. The molecule has 0 atom stereocenters. The fraction of sp³-hybridized carbons (Fsp3) is 0.571. The van der Waals surface area contributed by atoms with Gasteiger partial charge in [-0.05, 0) is 66.6 Å². The van der Waals surface area contributed by atoms with Gasteiger partial charge in [0.1, 0.15) is 0 Å². The molecule has 1 aromatic rings. The molecule has 1 saturated heterocycles. The minimum Gasteiger partial charge on any atom is -0.326 e. The second-order valence-electron chi connectivity index (χ2n) is 5.52. The van der Waals surface area contributed by atoms with Crippen molar-refractivity contribution in [1.82, 2.24) is 9.21 Å². The van der Waals surface area contributed by atoms with Crippen LogP contribution in [0.15, 0.2) is 27.6 Å². The van der Waals surface area contributed by atoms with Gasteiger partial charge < -0.3 is 10.6 Å². The van der Waals surface area contributed by atoms with Crippen molar-refractivity contribution in [2.75, 3.05) is 27.2 Å². The molecule has 7 heteroatoms. The van der Waals surface area contributed by atoms with E-state index in [4.69, 9.17) is 5.73 Å². The van der Waals surface area contributed by atoms with E-state index in [9.17, 15) is 8.42 Å². The lowest BCUT2D eigenvalue weighted by Crippen LogP contribution is -2.44. The number of likely N-dealkylation sites (tertiary alicyclic amines) is 1. The van der Waals surface area contributed by atoms with Gasteiger partial charge in [0.05, 0.1) is 4.90 Å². The van der Waals surface area contributed by atoms with E-state index in [0.717, 1.165) is 31.5 Å². The van der Waals surface area contributed by atoms with Crippen LogP contribution in [0.5, 0.6) is 0 Å². The van der Waals surface area contributed by atoms with Gasteiger partial charge in [-0.3, -0.25) is 0 Å². The summed E-state index contributed by atoms with van der Waals surface area (Å²) in [5, 5.41) is 0. The molecule has 0 radical (unpaired) electrons. The van der Waals surface area contributed by atoms with Crippen LogP contribution in [0, 0.1) is 0 Å². The third kappa shape index (κ3) is 3.65. The molecular formula is C14H22BrN3O2S. The summed E-state index contributed by atoms with van der Waals surface area (Å²) in [4.78, 5) is 2.53. The van der Waals surface area contributed by atoms with Crippen molar-refractivity contribution in [2.45, 2.75) is 30.3 Å². The second-order valence-corrected chi connectivity index (χ2v) is 8.34. The molecule has 0 amide bonds. The summed E-state index contributed by atoms with van der Waals surface area (Å²) in [5.41, 5.74) is 6.49. The summed E-state index contributed by atoms with van der Waals surface area (Å²) in [5.74, 6) is 0. The Morgan fingerprint density at radius 3 is 2.52 bits per heavy atom. The monoisotopic (exact) mass is 375 g/mol. The first-order valence-electron chi connectivity index (χ1n) is 7.01. The number of hydrogen-bond donors (Lipinski definition) is 1. The lowest BCUT2D eigenvalue weighted by molar-refractivity contribution is 0.197. The Hall–Kier alpha value is -0.470. The van der Waals surface area contributed by atoms with Crippen molar-refractivity contribution < 1.29 is 8.42 Å². The van der Waals surface area contributed by atoms with Crippen molar-refractivity contribution in [3.8, 4) is 0 Å². The molecule has 1 aliphatic rings. The number of piperidine rings is 1. The average molecular weight is 376 g/mol. The minimum absolute atomic E-state index is 0.0623. The predicted molar refractivity (Wildman–Crippen MR) is 87.5 cm³/mol. The smallest absolute Gasteiger partial charge is 0.244 e. The molecule has 5 nitrogen and oxygen atoms in total. The van der Waals surface area contributed by atoms with Crippen LogP contribution in [0.4, 0.5) is 0 Å². The number of nitrogens with two attached hydrogens (primary N) is 1. The number of sulfonamides is 1. The fourth-order valence-electron chi connectivity index (χ4n) is 2.59. The van der Waals surface area contributed by atoms with E-state index >= 15 is 0 Å². The first-order chi connectivity index (χ1) is 9.86. The molecule has 0 spiro atoms. The zero-order valence-corrected chi connectivity index (χ0v) is 14.8. The van der Waals surface area contributed by atoms with Crippen molar-refractivity contribution in [2.24, 2.45) is 5.73 Å². The molecule has 118 valence electrons. The molecule has 0 saturated carbocycles. The zero-order chi connectivity index (χ0) is 15.6. The van der Waals surface area contributed by atoms with Gasteiger partial charge in [-0.15, -0.1) is 0 Å². The van der Waals surface area contributed by atoms with Crippen LogP contribution in [0.1, 0.15) is 18.4 Å². The Morgan fingerprint density at radius 1 is 1.38 bits per heavy atom. The summed E-state index contributed by atoms with van der Waals surface area (Å²) < 4.78 is 27.7. The number of halogens is 1. The highest BCUT2D eigenvalue weighted by atomic mass is 79.9. The summed E-state index contributed by atoms with van der Waals surface area (Å²) in [6.07, 6.45) is 1.73. The molecule has 21 heavy (non-hydrogen) atoms. The SMILES string of the molecule is CN1CCC(N(C)S(=O)(=O)c2ccc(CN)cc2Br)CC1. The largest absolute Gasteiger partial charge is 0.326 e. The molecule has 1 aromatic carbocycles. The Labute approximate surface area is 135 Å². The molecule has 0 unspecified atom stereocenters. The van der Waals surface area contributed by atoms with Crippen LogP contribution in [0.3, 0.4) is 0 Å². The molecule has 2 rings (SSSR count). The topological polar surface area (TPSA) is 66.6 Å². The number of rotatable bonds is 4. The minimum atomic E-state index is -3.48. The fourth-order valence-corrected chi connectivity index (χ4v) is 5.09. The van der Waals surface area contributed by atoms with Crippen molar-refractivity contribution in [3.63, 3.8) is 0 Å². The Kier molecular flexibility index (Phi) is 5.43. The quantitative estimate of drug-likeness (QED) is 0.867. The van der Waals surface area contributed by atoms with Crippen LogP contribution >= 0.6 is 15.9 Å². The van der Waals surface area contributed by atoms with Gasteiger partial charge in [0.2, 0.25) is 10.0 Å². The predicted octanol–water partition coefficient (Wildman–Crippen LogP) is 1.62. The molecule has 1 fully saturated rings. The van der Waals surface area contributed by atoms with Gasteiger partial charge in [0, 0.05) is 24.1 Å². The van der Waals surface area contributed by atoms with E-state index in [1.165, 1.54) is 4.31 Å².